The van der Waals surface area contributed by atoms with Crippen molar-refractivity contribution in [3.8, 4) is 0 Å². The molecule has 0 bridgehead atoms. The Kier molecular flexibility index (Phi) is 15.0. The van der Waals surface area contributed by atoms with Gasteiger partial charge in [-0.2, -0.15) is 0 Å². The number of unbranched alkanes of at least 4 members (excludes halogenated alkanes) is 3. The third-order valence-corrected chi connectivity index (χ3v) is 11.5. The van der Waals surface area contributed by atoms with Crippen molar-refractivity contribution < 1.29 is 31.9 Å². The van der Waals surface area contributed by atoms with E-state index in [1.165, 1.54) is 40.7 Å². The molecule has 5 rings (SSSR count). The van der Waals surface area contributed by atoms with E-state index in [2.05, 4.69) is 36.4 Å². The van der Waals surface area contributed by atoms with Gasteiger partial charge in [-0.3, -0.25) is 9.59 Å². The first-order valence-electron chi connectivity index (χ1n) is 19.0. The summed E-state index contributed by atoms with van der Waals surface area (Å²) in [6.45, 7) is 3.20. The molecule has 0 spiro atoms. The van der Waals surface area contributed by atoms with Gasteiger partial charge in [-0.05, 0) is 97.0 Å². The predicted molar refractivity (Wildman–Crippen MR) is 211 cm³/mol. The number of nitrogens with zero attached hydrogens (tertiary/aromatic N) is 2. The number of rotatable bonds is 21. The monoisotopic (exact) mass is 756 g/mol. The number of ether oxygens (including phenoxy) is 2. The molecular formula is C44H53FN2O6S. The van der Waals surface area contributed by atoms with Crippen molar-refractivity contribution in [3.63, 3.8) is 0 Å². The van der Waals surface area contributed by atoms with Crippen molar-refractivity contribution in [1.82, 2.24) is 4.31 Å². The predicted octanol–water partition coefficient (Wildman–Crippen LogP) is 8.76. The Balaban J connectivity index is 1.21. The van der Waals surface area contributed by atoms with Gasteiger partial charge in [0.2, 0.25) is 15.9 Å². The summed E-state index contributed by atoms with van der Waals surface area (Å²) in [7, 11) is -1.64. The van der Waals surface area contributed by atoms with Gasteiger partial charge in [-0.1, -0.05) is 91.7 Å². The van der Waals surface area contributed by atoms with Crippen LogP contribution in [-0.4, -0.2) is 51.1 Å². The zero-order valence-electron chi connectivity index (χ0n) is 31.7. The van der Waals surface area contributed by atoms with Gasteiger partial charge in [0.15, 0.2) is 0 Å². The molecule has 0 N–H and O–H groups in total. The molecule has 1 heterocycles. The Morgan fingerprint density at radius 3 is 2.09 bits per heavy atom. The highest BCUT2D eigenvalue weighted by Gasteiger charge is 2.48. The summed E-state index contributed by atoms with van der Waals surface area (Å²) >= 11 is 0. The van der Waals surface area contributed by atoms with Crippen molar-refractivity contribution in [2.24, 2.45) is 5.92 Å². The molecule has 2 unspecified atom stereocenters. The van der Waals surface area contributed by atoms with Crippen LogP contribution in [0.15, 0.2) is 103 Å². The average molecular weight is 757 g/mol. The maximum absolute atomic E-state index is 13.9. The van der Waals surface area contributed by atoms with E-state index in [1.807, 2.05) is 47.4 Å². The minimum Gasteiger partial charge on any atom is -0.458 e. The van der Waals surface area contributed by atoms with Crippen LogP contribution >= 0.6 is 0 Å². The topological polar surface area (TPSA) is 93.2 Å². The molecular weight excluding hydrogens is 704 g/mol. The van der Waals surface area contributed by atoms with Gasteiger partial charge in [-0.15, -0.1) is 0 Å². The lowest BCUT2D eigenvalue weighted by Crippen LogP contribution is -2.55. The van der Waals surface area contributed by atoms with Gasteiger partial charge in [0, 0.05) is 32.8 Å². The summed E-state index contributed by atoms with van der Waals surface area (Å²) in [6, 6.07) is 32.4. The van der Waals surface area contributed by atoms with Gasteiger partial charge < -0.3 is 14.4 Å². The summed E-state index contributed by atoms with van der Waals surface area (Å²) in [4.78, 5) is 27.7. The standard InChI is InChI=1S/C44H53FN2O6S/c1-33(48)53-42(37-22-24-39(45)25-23-37)29-28-41-43(47(44(41)49)40-26-18-35(19-27-40)15-11-30-46(2)54(3,50)51)38-20-16-34(17-21-38)12-7-4-5-10-31-52-32-36-13-8-6-9-14-36/h6,8-9,13-14,16-27,41-43H,4-5,7,10-12,15,28-32H2,1-3H3/t41?,42-,43?/m0/s1. The summed E-state index contributed by atoms with van der Waals surface area (Å²) in [5.41, 5.74) is 6.04. The average Bonchev–Trinajstić information content (AvgIpc) is 3.15. The smallest absolute Gasteiger partial charge is 0.303 e. The number of β-lactam (4-membered cyclic amide) rings is 1. The SMILES string of the molecule is CC(=O)O[C@@H](CCC1C(=O)N(c2ccc(CCCN(C)S(C)(=O)=O)cc2)C1c1ccc(CCCCCCOCc2ccccc2)cc1)c1ccc(F)cc1. The van der Waals surface area contributed by atoms with Gasteiger partial charge in [-0.25, -0.2) is 17.1 Å². The maximum atomic E-state index is 13.9. The summed E-state index contributed by atoms with van der Waals surface area (Å²) < 4.78 is 50.0. The van der Waals surface area contributed by atoms with Crippen LogP contribution in [0.3, 0.4) is 0 Å². The number of amides is 1. The van der Waals surface area contributed by atoms with Crippen LogP contribution in [0.2, 0.25) is 0 Å². The molecule has 1 saturated heterocycles. The fourth-order valence-electron chi connectivity index (χ4n) is 7.03. The third-order valence-electron chi connectivity index (χ3n) is 10.2. The van der Waals surface area contributed by atoms with Gasteiger partial charge in [0.25, 0.3) is 0 Å². The molecule has 1 aliphatic heterocycles. The van der Waals surface area contributed by atoms with Crippen LogP contribution < -0.4 is 4.90 Å². The largest absolute Gasteiger partial charge is 0.458 e. The molecule has 3 atom stereocenters. The zero-order valence-corrected chi connectivity index (χ0v) is 32.5. The normalized spacial score (nSPS) is 16.3. The Morgan fingerprint density at radius 1 is 0.815 bits per heavy atom. The van der Waals surface area contributed by atoms with Crippen LogP contribution in [0.1, 0.15) is 91.8 Å². The molecule has 0 saturated carbocycles. The second-order valence-electron chi connectivity index (χ2n) is 14.3. The highest BCUT2D eigenvalue weighted by Crippen LogP contribution is 2.46. The molecule has 0 aromatic heterocycles. The molecule has 288 valence electrons. The number of halogens is 1. The van der Waals surface area contributed by atoms with Gasteiger partial charge >= 0.3 is 5.97 Å². The maximum Gasteiger partial charge on any atom is 0.303 e. The van der Waals surface area contributed by atoms with E-state index in [4.69, 9.17) is 9.47 Å². The van der Waals surface area contributed by atoms with Crippen molar-refractivity contribution in [2.45, 2.75) is 83.5 Å². The molecule has 0 aliphatic carbocycles. The van der Waals surface area contributed by atoms with E-state index in [1.54, 1.807) is 19.2 Å². The van der Waals surface area contributed by atoms with Crippen LogP contribution in [0.4, 0.5) is 10.1 Å². The Morgan fingerprint density at radius 2 is 1.44 bits per heavy atom. The van der Waals surface area contributed by atoms with Crippen LogP contribution in [-0.2, 0) is 48.5 Å². The van der Waals surface area contributed by atoms with E-state index >= 15 is 0 Å². The van der Waals surface area contributed by atoms with E-state index in [0.717, 1.165) is 55.5 Å². The molecule has 10 heteroatoms. The van der Waals surface area contributed by atoms with Gasteiger partial charge in [0.1, 0.15) is 11.9 Å². The Labute approximate surface area is 320 Å². The number of esters is 1. The minimum absolute atomic E-state index is 0.0000305. The second kappa shape index (κ2) is 19.8. The van der Waals surface area contributed by atoms with Crippen LogP contribution in [0.5, 0.6) is 0 Å². The van der Waals surface area contributed by atoms with E-state index in [0.29, 0.717) is 44.4 Å². The lowest BCUT2D eigenvalue weighted by molar-refractivity contribution is -0.147. The van der Waals surface area contributed by atoms with E-state index < -0.39 is 22.1 Å². The molecule has 4 aromatic rings. The number of anilines is 1. The lowest BCUT2D eigenvalue weighted by Gasteiger charge is -2.48. The van der Waals surface area contributed by atoms with Crippen molar-refractivity contribution in [1.29, 1.82) is 0 Å². The Hall–Kier alpha value is -4.38. The molecule has 1 fully saturated rings. The van der Waals surface area contributed by atoms with Crippen molar-refractivity contribution in [2.75, 3.05) is 31.4 Å². The first-order chi connectivity index (χ1) is 26.0. The van der Waals surface area contributed by atoms with E-state index in [-0.39, 0.29) is 23.7 Å². The molecule has 1 amide bonds. The zero-order chi connectivity index (χ0) is 38.5. The Bertz CT molecular complexity index is 1890. The molecule has 54 heavy (non-hydrogen) atoms. The fourth-order valence-corrected chi connectivity index (χ4v) is 7.49. The quantitative estimate of drug-likeness (QED) is 0.0480. The minimum atomic E-state index is -3.22. The van der Waals surface area contributed by atoms with Crippen LogP contribution in [0, 0.1) is 11.7 Å². The van der Waals surface area contributed by atoms with Crippen LogP contribution in [0.25, 0.3) is 0 Å². The number of hydrogen-bond donors (Lipinski definition) is 0. The number of carbonyl (C=O) groups is 2. The second-order valence-corrected chi connectivity index (χ2v) is 16.4. The first kappa shape index (κ1) is 40.8. The third kappa shape index (κ3) is 11.8. The molecule has 0 radical (unpaired) electrons. The molecule has 1 aliphatic rings. The van der Waals surface area contributed by atoms with Crippen molar-refractivity contribution in [3.05, 3.63) is 137 Å². The number of carbonyl (C=O) groups excluding carboxylic acids is 2. The van der Waals surface area contributed by atoms with Gasteiger partial charge in [0.05, 0.1) is 24.8 Å². The van der Waals surface area contributed by atoms with E-state index in [9.17, 15) is 22.4 Å². The molecule has 8 nitrogen and oxygen atoms in total. The first-order valence-corrected chi connectivity index (χ1v) is 20.8. The fraction of sp³-hybridized carbons (Fsp3) is 0.409. The lowest BCUT2D eigenvalue weighted by atomic mass is 9.78. The number of aryl methyl sites for hydroxylation is 2. The highest BCUT2D eigenvalue weighted by molar-refractivity contribution is 7.88. The number of benzene rings is 4. The highest BCUT2D eigenvalue weighted by atomic mass is 32.2. The summed E-state index contributed by atoms with van der Waals surface area (Å²) in [5, 5.41) is 0. The number of hydrogen-bond acceptors (Lipinski definition) is 6. The summed E-state index contributed by atoms with van der Waals surface area (Å²) in [6.07, 6.45) is 8.27. The molecule has 4 aromatic carbocycles. The number of sulfonamides is 1. The van der Waals surface area contributed by atoms with Crippen molar-refractivity contribution >= 4 is 27.6 Å². The summed E-state index contributed by atoms with van der Waals surface area (Å²) in [5.74, 6) is -1.13.